The van der Waals surface area contributed by atoms with Gasteiger partial charge < -0.3 is 5.32 Å². The van der Waals surface area contributed by atoms with Crippen LogP contribution in [0.2, 0.25) is 0 Å². The highest BCUT2D eigenvalue weighted by Crippen LogP contribution is 2.29. The molecule has 0 saturated heterocycles. The third-order valence-corrected chi connectivity index (χ3v) is 3.35. The van der Waals surface area contributed by atoms with Crippen molar-refractivity contribution in [1.82, 2.24) is 5.32 Å². The van der Waals surface area contributed by atoms with Gasteiger partial charge in [0.15, 0.2) is 0 Å². The van der Waals surface area contributed by atoms with Crippen molar-refractivity contribution >= 4 is 5.91 Å². The number of aryl methyl sites for hydroxylation is 1. The molecule has 122 valence electrons. The monoisotopic (exact) mass is 325 g/mol. The molecule has 0 atom stereocenters. The van der Waals surface area contributed by atoms with Crippen molar-refractivity contribution < 1.29 is 22.4 Å². The first kappa shape index (κ1) is 17.0. The molecule has 1 N–H and O–H groups in total. The van der Waals surface area contributed by atoms with Crippen LogP contribution in [0.25, 0.3) is 0 Å². The van der Waals surface area contributed by atoms with Crippen molar-refractivity contribution in [3.8, 4) is 0 Å². The lowest BCUT2D eigenvalue weighted by molar-refractivity contribution is -0.137. The predicted molar refractivity (Wildman–Crippen MR) is 78.0 cm³/mol. The molecular formula is C17H15F4NO. The van der Waals surface area contributed by atoms with Gasteiger partial charge in [-0.2, -0.15) is 13.2 Å². The molecule has 2 aromatic carbocycles. The summed E-state index contributed by atoms with van der Waals surface area (Å²) in [5.41, 5.74) is 0.293. The van der Waals surface area contributed by atoms with Crippen LogP contribution in [0.15, 0.2) is 48.5 Å². The van der Waals surface area contributed by atoms with Crippen LogP contribution >= 0.6 is 0 Å². The van der Waals surface area contributed by atoms with Crippen LogP contribution in [-0.2, 0) is 23.9 Å². The summed E-state index contributed by atoms with van der Waals surface area (Å²) in [5, 5.41) is 2.60. The van der Waals surface area contributed by atoms with E-state index < -0.39 is 11.7 Å². The number of hydrogen-bond acceptors (Lipinski definition) is 1. The number of carbonyl (C=O) groups excluding carboxylic acids is 1. The summed E-state index contributed by atoms with van der Waals surface area (Å²) in [6, 6.07) is 10.8. The molecular weight excluding hydrogens is 310 g/mol. The standard InChI is InChI=1S/C17H15F4NO/c18-15-4-2-1-3-13(15)7-10-16(23)22-11-12-5-8-14(9-6-12)17(19,20)21/h1-6,8-9H,7,10-11H2,(H,22,23). The molecule has 0 heterocycles. The molecule has 0 aliphatic rings. The molecule has 23 heavy (non-hydrogen) atoms. The van der Waals surface area contributed by atoms with Crippen molar-refractivity contribution in [2.45, 2.75) is 25.6 Å². The smallest absolute Gasteiger partial charge is 0.352 e. The zero-order valence-electron chi connectivity index (χ0n) is 12.2. The largest absolute Gasteiger partial charge is 0.416 e. The van der Waals surface area contributed by atoms with Gasteiger partial charge in [-0.1, -0.05) is 30.3 Å². The fraction of sp³-hybridized carbons (Fsp3) is 0.235. The molecule has 1 amide bonds. The average Bonchev–Trinajstić information content (AvgIpc) is 2.51. The van der Waals surface area contributed by atoms with Crippen LogP contribution in [0.1, 0.15) is 23.1 Å². The highest BCUT2D eigenvalue weighted by Gasteiger charge is 2.29. The number of nitrogens with one attached hydrogen (secondary N) is 1. The third-order valence-electron chi connectivity index (χ3n) is 3.35. The average molecular weight is 325 g/mol. The highest BCUT2D eigenvalue weighted by atomic mass is 19.4. The summed E-state index contributed by atoms with van der Waals surface area (Å²) < 4.78 is 50.7. The van der Waals surface area contributed by atoms with Crippen molar-refractivity contribution in [3.05, 3.63) is 71.0 Å². The second-order valence-electron chi connectivity index (χ2n) is 5.06. The molecule has 0 unspecified atom stereocenters. The van der Waals surface area contributed by atoms with E-state index in [0.717, 1.165) is 12.1 Å². The molecule has 2 rings (SSSR count). The molecule has 2 aromatic rings. The Balaban J connectivity index is 1.81. The summed E-state index contributed by atoms with van der Waals surface area (Å²) in [7, 11) is 0. The van der Waals surface area contributed by atoms with Crippen LogP contribution < -0.4 is 5.32 Å². The van der Waals surface area contributed by atoms with Crippen molar-refractivity contribution in [2.75, 3.05) is 0 Å². The topological polar surface area (TPSA) is 29.1 Å². The predicted octanol–water partition coefficient (Wildman–Crippen LogP) is 4.09. The number of alkyl halides is 3. The normalized spacial score (nSPS) is 11.3. The SMILES string of the molecule is O=C(CCc1ccccc1F)NCc1ccc(C(F)(F)F)cc1. The Labute approximate surface area is 131 Å². The number of carbonyl (C=O) groups is 1. The van der Waals surface area contributed by atoms with Gasteiger partial charge in [0, 0.05) is 13.0 Å². The van der Waals surface area contributed by atoms with Crippen LogP contribution in [0.3, 0.4) is 0 Å². The summed E-state index contributed by atoms with van der Waals surface area (Å²) in [4.78, 5) is 11.7. The Kier molecular flexibility index (Phi) is 5.36. The van der Waals surface area contributed by atoms with Gasteiger partial charge in [0.05, 0.1) is 5.56 Å². The van der Waals surface area contributed by atoms with E-state index in [1.807, 2.05) is 0 Å². The number of halogens is 4. The Bertz CT molecular complexity index is 665. The molecule has 0 bridgehead atoms. The van der Waals surface area contributed by atoms with E-state index in [1.54, 1.807) is 18.2 Å². The van der Waals surface area contributed by atoms with E-state index in [-0.39, 0.29) is 31.1 Å². The lowest BCUT2D eigenvalue weighted by Crippen LogP contribution is -2.23. The van der Waals surface area contributed by atoms with Crippen LogP contribution in [0, 0.1) is 5.82 Å². The van der Waals surface area contributed by atoms with E-state index in [4.69, 9.17) is 0 Å². The van der Waals surface area contributed by atoms with E-state index in [2.05, 4.69) is 5.32 Å². The van der Waals surface area contributed by atoms with Crippen LogP contribution in [-0.4, -0.2) is 5.91 Å². The highest BCUT2D eigenvalue weighted by molar-refractivity contribution is 5.76. The fourth-order valence-electron chi connectivity index (χ4n) is 2.05. The lowest BCUT2D eigenvalue weighted by Gasteiger charge is -2.09. The molecule has 0 aliphatic heterocycles. The molecule has 0 fully saturated rings. The Morgan fingerprint density at radius 1 is 1.00 bits per heavy atom. The number of rotatable bonds is 5. The minimum absolute atomic E-state index is 0.113. The van der Waals surface area contributed by atoms with Gasteiger partial charge in [0.2, 0.25) is 5.91 Å². The quantitative estimate of drug-likeness (QED) is 0.824. The zero-order chi connectivity index (χ0) is 16.9. The van der Waals surface area contributed by atoms with Crippen molar-refractivity contribution in [2.24, 2.45) is 0 Å². The first-order chi connectivity index (χ1) is 10.9. The molecule has 0 saturated carbocycles. The fourth-order valence-corrected chi connectivity index (χ4v) is 2.05. The Morgan fingerprint density at radius 2 is 1.65 bits per heavy atom. The van der Waals surface area contributed by atoms with E-state index in [0.29, 0.717) is 11.1 Å². The maximum absolute atomic E-state index is 13.4. The number of amides is 1. The number of benzene rings is 2. The van der Waals surface area contributed by atoms with Gasteiger partial charge in [-0.05, 0) is 35.7 Å². The van der Waals surface area contributed by atoms with Crippen LogP contribution in [0.4, 0.5) is 17.6 Å². The van der Waals surface area contributed by atoms with Crippen molar-refractivity contribution in [1.29, 1.82) is 0 Å². The molecule has 0 radical (unpaired) electrons. The summed E-state index contributed by atoms with van der Waals surface area (Å²) in [6.45, 7) is 0.133. The summed E-state index contributed by atoms with van der Waals surface area (Å²) >= 11 is 0. The van der Waals surface area contributed by atoms with Gasteiger partial charge in [-0.15, -0.1) is 0 Å². The third kappa shape index (κ3) is 5.09. The second kappa shape index (κ2) is 7.26. The maximum Gasteiger partial charge on any atom is 0.416 e. The first-order valence-corrected chi connectivity index (χ1v) is 7.02. The van der Waals surface area contributed by atoms with E-state index in [1.165, 1.54) is 18.2 Å². The molecule has 0 aromatic heterocycles. The lowest BCUT2D eigenvalue weighted by atomic mass is 10.1. The first-order valence-electron chi connectivity index (χ1n) is 7.02. The van der Waals surface area contributed by atoms with Crippen molar-refractivity contribution in [3.63, 3.8) is 0 Å². The van der Waals surface area contributed by atoms with E-state index in [9.17, 15) is 22.4 Å². The zero-order valence-corrected chi connectivity index (χ0v) is 12.2. The molecule has 2 nitrogen and oxygen atoms in total. The maximum atomic E-state index is 13.4. The molecule has 0 spiro atoms. The Hall–Kier alpha value is -2.37. The minimum atomic E-state index is -4.37. The van der Waals surface area contributed by atoms with Gasteiger partial charge in [0.1, 0.15) is 5.82 Å². The Morgan fingerprint density at radius 3 is 2.26 bits per heavy atom. The molecule has 6 heteroatoms. The van der Waals surface area contributed by atoms with Crippen LogP contribution in [0.5, 0.6) is 0 Å². The van der Waals surface area contributed by atoms with Gasteiger partial charge >= 0.3 is 6.18 Å². The van der Waals surface area contributed by atoms with Gasteiger partial charge in [-0.3, -0.25) is 4.79 Å². The van der Waals surface area contributed by atoms with E-state index >= 15 is 0 Å². The molecule has 0 aliphatic carbocycles. The van der Waals surface area contributed by atoms with Gasteiger partial charge in [0.25, 0.3) is 0 Å². The number of hydrogen-bond donors (Lipinski definition) is 1. The second-order valence-corrected chi connectivity index (χ2v) is 5.06. The summed E-state index contributed by atoms with van der Waals surface area (Å²) in [5.74, 6) is -0.642. The summed E-state index contributed by atoms with van der Waals surface area (Å²) in [6.07, 6.45) is -3.99. The van der Waals surface area contributed by atoms with Gasteiger partial charge in [-0.25, -0.2) is 4.39 Å². The minimum Gasteiger partial charge on any atom is -0.352 e.